The lowest BCUT2D eigenvalue weighted by Gasteiger charge is -2.19. The van der Waals surface area contributed by atoms with E-state index in [1.54, 1.807) is 0 Å². The van der Waals surface area contributed by atoms with Gasteiger partial charge < -0.3 is 19.5 Å². The molecule has 2 aliphatic rings. The van der Waals surface area contributed by atoms with Crippen molar-refractivity contribution in [2.24, 2.45) is 5.92 Å². The summed E-state index contributed by atoms with van der Waals surface area (Å²) in [6.07, 6.45) is 1.04. The van der Waals surface area contributed by atoms with Crippen LogP contribution in [0.2, 0.25) is 0 Å². The largest absolute Gasteiger partial charge is 0.474 e. The zero-order valence-electron chi connectivity index (χ0n) is 14.5. The number of hydrogen-bond acceptors (Lipinski definition) is 5. The van der Waals surface area contributed by atoms with E-state index in [4.69, 9.17) is 19.2 Å². The first kappa shape index (κ1) is 16.5. The second-order valence-corrected chi connectivity index (χ2v) is 6.64. The third-order valence-corrected chi connectivity index (χ3v) is 4.87. The van der Waals surface area contributed by atoms with Crippen molar-refractivity contribution in [2.75, 3.05) is 26.3 Å². The SMILES string of the molecule is C[C@@H](Oc1cccc(-c2cccc(C3OCCO3)c2)n1)C1CCNC1. The van der Waals surface area contributed by atoms with Crippen molar-refractivity contribution in [3.63, 3.8) is 0 Å². The minimum absolute atomic E-state index is 0.157. The van der Waals surface area contributed by atoms with Gasteiger partial charge in [0.15, 0.2) is 6.29 Å². The van der Waals surface area contributed by atoms with E-state index >= 15 is 0 Å². The fraction of sp³-hybridized carbons (Fsp3) is 0.450. The van der Waals surface area contributed by atoms with Crippen LogP contribution in [0.25, 0.3) is 11.3 Å². The molecule has 2 atom stereocenters. The molecule has 2 aliphatic heterocycles. The van der Waals surface area contributed by atoms with Gasteiger partial charge in [0.25, 0.3) is 0 Å². The molecule has 5 heteroatoms. The Morgan fingerprint density at radius 3 is 2.80 bits per heavy atom. The van der Waals surface area contributed by atoms with Crippen molar-refractivity contribution in [1.29, 1.82) is 0 Å². The highest BCUT2D eigenvalue weighted by Gasteiger charge is 2.23. The lowest BCUT2D eigenvalue weighted by molar-refractivity contribution is -0.0440. The average Bonchev–Trinajstić information content (AvgIpc) is 3.36. The van der Waals surface area contributed by atoms with Gasteiger partial charge in [-0.1, -0.05) is 24.3 Å². The van der Waals surface area contributed by atoms with E-state index in [1.165, 1.54) is 0 Å². The number of rotatable bonds is 5. The molecule has 1 aromatic heterocycles. The molecule has 1 unspecified atom stereocenters. The predicted molar refractivity (Wildman–Crippen MR) is 95.4 cm³/mol. The van der Waals surface area contributed by atoms with Crippen molar-refractivity contribution in [3.05, 3.63) is 48.0 Å². The van der Waals surface area contributed by atoms with Gasteiger partial charge in [-0.3, -0.25) is 0 Å². The lowest BCUT2D eigenvalue weighted by Crippen LogP contribution is -2.25. The Labute approximate surface area is 148 Å². The molecule has 2 fully saturated rings. The summed E-state index contributed by atoms with van der Waals surface area (Å²) < 4.78 is 17.3. The smallest absolute Gasteiger partial charge is 0.214 e. The molecule has 0 aliphatic carbocycles. The molecule has 4 rings (SSSR count). The molecule has 1 aromatic carbocycles. The molecule has 0 amide bonds. The van der Waals surface area contributed by atoms with Crippen molar-refractivity contribution in [3.8, 4) is 17.1 Å². The van der Waals surface area contributed by atoms with Gasteiger partial charge in [0.05, 0.1) is 18.9 Å². The Morgan fingerprint density at radius 1 is 1.16 bits per heavy atom. The van der Waals surface area contributed by atoms with E-state index in [0.29, 0.717) is 25.0 Å². The van der Waals surface area contributed by atoms with Gasteiger partial charge in [-0.25, -0.2) is 4.98 Å². The number of aromatic nitrogens is 1. The Bertz CT molecular complexity index is 710. The van der Waals surface area contributed by atoms with Gasteiger partial charge in [0.2, 0.25) is 5.88 Å². The topological polar surface area (TPSA) is 52.6 Å². The Balaban J connectivity index is 1.51. The Kier molecular flexibility index (Phi) is 4.97. The van der Waals surface area contributed by atoms with Crippen LogP contribution in [0.1, 0.15) is 25.2 Å². The summed E-state index contributed by atoms with van der Waals surface area (Å²) in [5.74, 6) is 1.22. The van der Waals surface area contributed by atoms with Gasteiger partial charge in [0.1, 0.15) is 6.10 Å². The minimum Gasteiger partial charge on any atom is -0.474 e. The monoisotopic (exact) mass is 340 g/mol. The first-order valence-electron chi connectivity index (χ1n) is 8.97. The third kappa shape index (κ3) is 3.84. The highest BCUT2D eigenvalue weighted by Crippen LogP contribution is 2.28. The van der Waals surface area contributed by atoms with Crippen LogP contribution in [0, 0.1) is 5.92 Å². The van der Waals surface area contributed by atoms with Crippen LogP contribution < -0.4 is 10.1 Å². The summed E-state index contributed by atoms with van der Waals surface area (Å²) >= 11 is 0. The van der Waals surface area contributed by atoms with Crippen LogP contribution in [-0.2, 0) is 9.47 Å². The fourth-order valence-electron chi connectivity index (χ4n) is 3.40. The normalized spacial score (nSPS) is 22.2. The minimum atomic E-state index is -0.269. The number of ether oxygens (including phenoxy) is 3. The van der Waals surface area contributed by atoms with Gasteiger partial charge in [-0.05, 0) is 32.0 Å². The fourth-order valence-corrected chi connectivity index (χ4v) is 3.40. The highest BCUT2D eigenvalue weighted by molar-refractivity contribution is 5.60. The molecule has 0 radical (unpaired) electrons. The van der Waals surface area contributed by atoms with E-state index in [2.05, 4.69) is 24.4 Å². The third-order valence-electron chi connectivity index (χ3n) is 4.87. The van der Waals surface area contributed by atoms with Gasteiger partial charge in [-0.15, -0.1) is 0 Å². The van der Waals surface area contributed by atoms with Crippen LogP contribution in [0.15, 0.2) is 42.5 Å². The molecular formula is C20H24N2O3. The second-order valence-electron chi connectivity index (χ2n) is 6.64. The first-order chi connectivity index (χ1) is 12.3. The number of nitrogens with one attached hydrogen (secondary N) is 1. The first-order valence-corrected chi connectivity index (χ1v) is 8.97. The molecule has 3 heterocycles. The lowest BCUT2D eigenvalue weighted by atomic mass is 10.0. The second kappa shape index (κ2) is 7.52. The molecular weight excluding hydrogens is 316 g/mol. The quantitative estimate of drug-likeness (QED) is 0.906. The summed E-state index contributed by atoms with van der Waals surface area (Å²) in [7, 11) is 0. The summed E-state index contributed by atoms with van der Waals surface area (Å²) in [6, 6.07) is 14.1. The summed E-state index contributed by atoms with van der Waals surface area (Å²) in [5.41, 5.74) is 2.96. The van der Waals surface area contributed by atoms with Gasteiger partial charge >= 0.3 is 0 Å². The molecule has 0 bridgehead atoms. The van der Waals surface area contributed by atoms with E-state index in [9.17, 15) is 0 Å². The molecule has 2 aromatic rings. The van der Waals surface area contributed by atoms with Crippen molar-refractivity contribution in [2.45, 2.75) is 25.7 Å². The number of benzene rings is 1. The summed E-state index contributed by atoms with van der Waals surface area (Å²) in [4.78, 5) is 4.70. The van der Waals surface area contributed by atoms with Crippen LogP contribution in [0.3, 0.4) is 0 Å². The number of pyridine rings is 1. The van der Waals surface area contributed by atoms with E-state index in [-0.39, 0.29) is 12.4 Å². The van der Waals surface area contributed by atoms with Crippen molar-refractivity contribution in [1.82, 2.24) is 10.3 Å². The predicted octanol–water partition coefficient (Wildman–Crippen LogP) is 3.17. The van der Waals surface area contributed by atoms with Crippen molar-refractivity contribution < 1.29 is 14.2 Å². The van der Waals surface area contributed by atoms with Crippen LogP contribution in [0.5, 0.6) is 5.88 Å². The maximum absolute atomic E-state index is 6.09. The molecule has 1 N–H and O–H groups in total. The number of nitrogens with zero attached hydrogens (tertiary/aromatic N) is 1. The Hall–Kier alpha value is -1.95. The standard InChI is InChI=1S/C20H24N2O3/c1-14(17-8-9-21-13-17)25-19-7-3-6-18(22-19)15-4-2-5-16(12-15)20-23-10-11-24-20/h2-7,12,14,17,20-21H,8-11,13H2,1H3/t14-,17?/m1/s1. The molecule has 0 spiro atoms. The summed E-state index contributed by atoms with van der Waals surface area (Å²) in [6.45, 7) is 5.50. The summed E-state index contributed by atoms with van der Waals surface area (Å²) in [5, 5.41) is 3.39. The Morgan fingerprint density at radius 2 is 2.00 bits per heavy atom. The highest BCUT2D eigenvalue weighted by atomic mass is 16.7. The molecule has 0 saturated carbocycles. The van der Waals surface area contributed by atoms with E-state index < -0.39 is 0 Å². The van der Waals surface area contributed by atoms with Gasteiger partial charge in [-0.2, -0.15) is 0 Å². The maximum atomic E-state index is 6.09. The zero-order valence-corrected chi connectivity index (χ0v) is 14.5. The van der Waals surface area contributed by atoms with Crippen LogP contribution in [0.4, 0.5) is 0 Å². The van der Waals surface area contributed by atoms with Crippen molar-refractivity contribution >= 4 is 0 Å². The molecule has 25 heavy (non-hydrogen) atoms. The van der Waals surface area contributed by atoms with E-state index in [0.717, 1.165) is 36.3 Å². The van der Waals surface area contributed by atoms with Crippen LogP contribution >= 0.6 is 0 Å². The molecule has 5 nitrogen and oxygen atoms in total. The van der Waals surface area contributed by atoms with Gasteiger partial charge in [0, 0.05) is 29.7 Å². The molecule has 2 saturated heterocycles. The van der Waals surface area contributed by atoms with E-state index in [1.807, 2.05) is 30.3 Å². The number of hydrogen-bond donors (Lipinski definition) is 1. The molecule has 132 valence electrons. The van der Waals surface area contributed by atoms with Crippen LogP contribution in [-0.4, -0.2) is 37.4 Å². The maximum Gasteiger partial charge on any atom is 0.214 e. The zero-order chi connectivity index (χ0) is 17.1. The average molecular weight is 340 g/mol.